The first-order valence-electron chi connectivity index (χ1n) is 25.1. The number of aromatic nitrogens is 2. The standard InChI is InChI=1S/C69H50F3N3/c1-41(2)51-24-15-25-60(69(70,71)72)67(51)68-65(74-61-30-26-47(52-20-11-7-16-42(52)3)36-56(61)57-37-48(27-31-62(57)74)53-21-12-8-17-43(53)4)34-46(40-73)35-66(68)75-63-32-28-49(54-22-13-9-18-44(54)5)38-58(63)59-39-50(29-33-64(59)75)55-23-14-10-19-45(55)6/h7-39H,1H2,2-6H3. The number of benzene rings is 10. The molecule has 0 aliphatic rings. The molecule has 0 radical (unpaired) electrons. The number of nitriles is 1. The van der Waals surface area contributed by atoms with E-state index in [0.717, 1.165) is 116 Å². The van der Waals surface area contributed by atoms with Crippen molar-refractivity contribution in [3.05, 3.63) is 246 Å². The van der Waals surface area contributed by atoms with Crippen LogP contribution >= 0.6 is 0 Å². The Hall–Kier alpha value is -9.18. The SMILES string of the molecule is C=C(C)c1cccc(C(F)(F)F)c1-c1c(-n2c3ccc(-c4ccccc4C)cc3c3cc(-c4ccccc4C)ccc32)cc(C#N)cc1-n1c2ccc(-c3ccccc3C)cc2c2cc(-c3ccccc3C)ccc21. The van der Waals surface area contributed by atoms with E-state index in [9.17, 15) is 5.26 Å². The van der Waals surface area contributed by atoms with Crippen molar-refractivity contribution in [1.29, 1.82) is 5.26 Å². The van der Waals surface area contributed by atoms with E-state index in [1.54, 1.807) is 25.1 Å². The van der Waals surface area contributed by atoms with E-state index < -0.39 is 11.7 Å². The first-order chi connectivity index (χ1) is 36.3. The predicted molar refractivity (Wildman–Crippen MR) is 306 cm³/mol. The van der Waals surface area contributed by atoms with Crippen LogP contribution in [-0.4, -0.2) is 9.13 Å². The average molecular weight is 978 g/mol. The van der Waals surface area contributed by atoms with Crippen LogP contribution in [0.5, 0.6) is 0 Å². The fraction of sp³-hybridized carbons (Fsp3) is 0.0870. The number of rotatable bonds is 8. The summed E-state index contributed by atoms with van der Waals surface area (Å²) in [6.07, 6.45) is -4.78. The number of hydrogen-bond acceptors (Lipinski definition) is 1. The number of alkyl halides is 3. The summed E-state index contributed by atoms with van der Waals surface area (Å²) in [5, 5.41) is 14.9. The predicted octanol–water partition coefficient (Wildman–Crippen LogP) is 19.4. The van der Waals surface area contributed by atoms with Crippen LogP contribution in [0, 0.1) is 39.0 Å². The summed E-state index contributed by atoms with van der Waals surface area (Å²) in [5.41, 5.74) is 17.4. The van der Waals surface area contributed by atoms with Gasteiger partial charge in [0.25, 0.3) is 0 Å². The minimum atomic E-state index is -4.78. The van der Waals surface area contributed by atoms with Crippen LogP contribution in [0.15, 0.2) is 207 Å². The third-order valence-electron chi connectivity index (χ3n) is 15.1. The summed E-state index contributed by atoms with van der Waals surface area (Å²) < 4.78 is 52.6. The molecular weight excluding hydrogens is 928 g/mol. The first kappa shape index (κ1) is 46.9. The smallest absolute Gasteiger partial charge is 0.308 e. The Balaban J connectivity index is 1.26. The third-order valence-corrected chi connectivity index (χ3v) is 15.1. The minimum absolute atomic E-state index is 0.0156. The molecule has 0 unspecified atom stereocenters. The van der Waals surface area contributed by atoms with Crippen molar-refractivity contribution in [2.75, 3.05) is 0 Å². The Kier molecular flexibility index (Phi) is 11.3. The number of halogens is 3. The highest BCUT2D eigenvalue weighted by Gasteiger charge is 2.37. The van der Waals surface area contributed by atoms with E-state index in [-0.39, 0.29) is 11.1 Å². The number of aryl methyl sites for hydroxylation is 4. The zero-order valence-electron chi connectivity index (χ0n) is 42.2. The summed E-state index contributed by atoms with van der Waals surface area (Å²) in [6.45, 7) is 14.4. The Morgan fingerprint density at radius 1 is 0.427 bits per heavy atom. The molecule has 10 aromatic carbocycles. The van der Waals surface area contributed by atoms with Crippen LogP contribution in [0.3, 0.4) is 0 Å². The van der Waals surface area contributed by atoms with Gasteiger partial charge in [0.15, 0.2) is 0 Å². The van der Waals surface area contributed by atoms with E-state index in [2.05, 4.69) is 171 Å². The van der Waals surface area contributed by atoms with Crippen molar-refractivity contribution >= 4 is 49.2 Å². The van der Waals surface area contributed by atoms with Crippen molar-refractivity contribution in [2.24, 2.45) is 0 Å². The van der Waals surface area contributed by atoms with Gasteiger partial charge in [-0.05, 0) is 174 Å². The molecule has 0 amide bonds. The topological polar surface area (TPSA) is 33.6 Å². The molecule has 0 aliphatic heterocycles. The Bertz CT molecular complexity index is 3940. The summed E-state index contributed by atoms with van der Waals surface area (Å²) >= 11 is 0. The summed E-state index contributed by atoms with van der Waals surface area (Å²) in [4.78, 5) is 0. The Morgan fingerprint density at radius 2 is 0.760 bits per heavy atom. The lowest BCUT2D eigenvalue weighted by molar-refractivity contribution is -0.137. The maximum absolute atomic E-state index is 16.1. The van der Waals surface area contributed by atoms with Crippen molar-refractivity contribution < 1.29 is 13.2 Å². The lowest BCUT2D eigenvalue weighted by Crippen LogP contribution is -2.12. The van der Waals surface area contributed by atoms with Gasteiger partial charge in [-0.15, -0.1) is 0 Å². The molecule has 0 spiro atoms. The van der Waals surface area contributed by atoms with Gasteiger partial charge in [-0.3, -0.25) is 0 Å². The van der Waals surface area contributed by atoms with E-state index in [4.69, 9.17) is 0 Å². The van der Waals surface area contributed by atoms with Gasteiger partial charge in [-0.1, -0.05) is 146 Å². The van der Waals surface area contributed by atoms with Crippen LogP contribution in [0.25, 0.3) is 116 Å². The fourth-order valence-electron chi connectivity index (χ4n) is 11.5. The molecule has 0 saturated heterocycles. The van der Waals surface area contributed by atoms with Crippen molar-refractivity contribution in [3.8, 4) is 73.1 Å². The highest BCUT2D eigenvalue weighted by atomic mass is 19.4. The van der Waals surface area contributed by atoms with Gasteiger partial charge < -0.3 is 9.13 Å². The van der Waals surface area contributed by atoms with Gasteiger partial charge in [0.1, 0.15) is 0 Å². The average Bonchev–Trinajstić information content (AvgIpc) is 3.93. The van der Waals surface area contributed by atoms with Crippen LogP contribution in [-0.2, 0) is 6.18 Å². The monoisotopic (exact) mass is 977 g/mol. The number of nitrogens with zero attached hydrogens (tertiary/aromatic N) is 3. The number of fused-ring (bicyclic) bond motifs is 6. The largest absolute Gasteiger partial charge is 0.417 e. The molecular formula is C69H50F3N3. The van der Waals surface area contributed by atoms with Crippen LogP contribution in [0.4, 0.5) is 13.2 Å². The molecule has 0 atom stereocenters. The van der Waals surface area contributed by atoms with Crippen LogP contribution in [0.1, 0.15) is 45.9 Å². The zero-order chi connectivity index (χ0) is 51.9. The fourth-order valence-corrected chi connectivity index (χ4v) is 11.5. The van der Waals surface area contributed by atoms with E-state index in [1.807, 2.05) is 48.5 Å². The second-order valence-corrected chi connectivity index (χ2v) is 19.9. The maximum atomic E-state index is 16.1. The quantitative estimate of drug-likeness (QED) is 0.149. The maximum Gasteiger partial charge on any atom is 0.417 e. The molecule has 6 heteroatoms. The second-order valence-electron chi connectivity index (χ2n) is 19.9. The molecule has 0 N–H and O–H groups in total. The summed E-state index contributed by atoms with van der Waals surface area (Å²) in [5.74, 6) is 0. The normalized spacial score (nSPS) is 11.8. The molecule has 0 aliphatic carbocycles. The molecule has 0 fully saturated rings. The molecule has 362 valence electrons. The van der Waals surface area contributed by atoms with E-state index >= 15 is 13.2 Å². The Labute approximate surface area is 434 Å². The third kappa shape index (κ3) is 7.82. The molecule has 12 rings (SSSR count). The van der Waals surface area contributed by atoms with Gasteiger partial charge in [0.2, 0.25) is 0 Å². The molecule has 0 bridgehead atoms. The van der Waals surface area contributed by atoms with Crippen molar-refractivity contribution in [1.82, 2.24) is 9.13 Å². The first-order valence-corrected chi connectivity index (χ1v) is 25.1. The van der Waals surface area contributed by atoms with Crippen LogP contribution < -0.4 is 0 Å². The van der Waals surface area contributed by atoms with Gasteiger partial charge in [-0.2, -0.15) is 18.4 Å². The van der Waals surface area contributed by atoms with E-state index in [1.165, 1.54) is 6.07 Å². The number of allylic oxidation sites excluding steroid dienone is 1. The molecule has 0 saturated carbocycles. The summed E-state index contributed by atoms with van der Waals surface area (Å²) in [7, 11) is 0. The van der Waals surface area contributed by atoms with Crippen LogP contribution in [0.2, 0.25) is 0 Å². The molecule has 3 nitrogen and oxygen atoms in total. The minimum Gasteiger partial charge on any atom is -0.308 e. The lowest BCUT2D eigenvalue weighted by atomic mass is 9.88. The lowest BCUT2D eigenvalue weighted by Gasteiger charge is -2.25. The van der Waals surface area contributed by atoms with Crippen molar-refractivity contribution in [3.63, 3.8) is 0 Å². The molecule has 12 aromatic rings. The van der Waals surface area contributed by atoms with Gasteiger partial charge in [0, 0.05) is 32.7 Å². The highest BCUT2D eigenvalue weighted by molar-refractivity contribution is 6.15. The second kappa shape index (κ2) is 18.1. The molecule has 2 aromatic heterocycles. The zero-order valence-corrected chi connectivity index (χ0v) is 42.2. The highest BCUT2D eigenvalue weighted by Crippen LogP contribution is 2.50. The number of hydrogen-bond donors (Lipinski definition) is 0. The Morgan fingerprint density at radius 3 is 1.05 bits per heavy atom. The van der Waals surface area contributed by atoms with E-state index in [0.29, 0.717) is 28.1 Å². The van der Waals surface area contributed by atoms with Gasteiger partial charge in [-0.25, -0.2) is 0 Å². The summed E-state index contributed by atoms with van der Waals surface area (Å²) in [6, 6.07) is 68.8. The van der Waals surface area contributed by atoms with Gasteiger partial charge in [0.05, 0.1) is 50.6 Å². The molecule has 2 heterocycles. The molecule has 75 heavy (non-hydrogen) atoms. The van der Waals surface area contributed by atoms with Gasteiger partial charge >= 0.3 is 6.18 Å². The van der Waals surface area contributed by atoms with Crippen molar-refractivity contribution in [2.45, 2.75) is 40.8 Å².